The lowest BCUT2D eigenvalue weighted by Crippen LogP contribution is -2.45. The Morgan fingerprint density at radius 2 is 1.85 bits per heavy atom. The largest absolute Gasteiger partial charge is 0.326 e. The Morgan fingerprint density at radius 3 is 2.56 bits per heavy atom. The molecule has 0 aromatic heterocycles. The lowest BCUT2D eigenvalue weighted by Gasteiger charge is -2.34. The first-order valence-corrected chi connectivity index (χ1v) is 10.8. The zero-order valence-electron chi connectivity index (χ0n) is 15.2. The highest BCUT2D eigenvalue weighted by atomic mass is 35.5. The highest BCUT2D eigenvalue weighted by Crippen LogP contribution is 2.28. The van der Waals surface area contributed by atoms with Crippen molar-refractivity contribution in [3.05, 3.63) is 59.1 Å². The summed E-state index contributed by atoms with van der Waals surface area (Å²) in [7, 11) is -3.66. The van der Waals surface area contributed by atoms with E-state index in [1.54, 1.807) is 12.1 Å². The fourth-order valence-corrected chi connectivity index (χ4v) is 5.18. The predicted octanol–water partition coefficient (Wildman–Crippen LogP) is 4.22. The van der Waals surface area contributed by atoms with Crippen molar-refractivity contribution >= 4 is 33.2 Å². The Kier molecular flexibility index (Phi) is 6.19. The molecule has 7 heteroatoms. The van der Waals surface area contributed by atoms with Crippen molar-refractivity contribution < 1.29 is 13.2 Å². The lowest BCUT2D eigenvalue weighted by molar-refractivity contribution is -0.117. The number of carbonyl (C=O) groups is 1. The molecule has 1 heterocycles. The molecule has 0 bridgehead atoms. The smallest absolute Gasteiger partial charge is 0.243 e. The van der Waals surface area contributed by atoms with Crippen LogP contribution >= 0.6 is 11.6 Å². The molecule has 144 valence electrons. The summed E-state index contributed by atoms with van der Waals surface area (Å²) < 4.78 is 27.6. The second-order valence-corrected chi connectivity index (χ2v) is 9.11. The Labute approximate surface area is 165 Å². The van der Waals surface area contributed by atoms with Gasteiger partial charge in [-0.3, -0.25) is 4.79 Å². The molecule has 5 nitrogen and oxygen atoms in total. The zero-order chi connectivity index (χ0) is 19.4. The number of nitrogens with one attached hydrogen (secondary N) is 1. The molecular weight excluding hydrogens is 384 g/mol. The first kappa shape index (κ1) is 19.9. The molecule has 2 aromatic rings. The Bertz CT molecular complexity index is 913. The number of para-hydroxylation sites is 1. The van der Waals surface area contributed by atoms with Crippen LogP contribution in [0.4, 0.5) is 5.69 Å². The van der Waals surface area contributed by atoms with Crippen LogP contribution in [0.25, 0.3) is 0 Å². The van der Waals surface area contributed by atoms with E-state index in [0.29, 0.717) is 18.0 Å². The minimum Gasteiger partial charge on any atom is -0.326 e. The Hall–Kier alpha value is -1.89. The fraction of sp³-hybridized carbons (Fsp3) is 0.350. The molecule has 0 saturated carbocycles. The van der Waals surface area contributed by atoms with Gasteiger partial charge < -0.3 is 5.32 Å². The van der Waals surface area contributed by atoms with Gasteiger partial charge >= 0.3 is 0 Å². The molecule has 1 amide bonds. The van der Waals surface area contributed by atoms with E-state index < -0.39 is 10.0 Å². The molecule has 1 fully saturated rings. The number of hydrogen-bond acceptors (Lipinski definition) is 3. The van der Waals surface area contributed by atoms with Crippen LogP contribution < -0.4 is 5.32 Å². The van der Waals surface area contributed by atoms with Gasteiger partial charge in [-0.1, -0.05) is 36.2 Å². The molecule has 1 atom stereocenters. The molecule has 0 aliphatic carbocycles. The first-order valence-electron chi connectivity index (χ1n) is 9.01. The van der Waals surface area contributed by atoms with E-state index >= 15 is 0 Å². The summed E-state index contributed by atoms with van der Waals surface area (Å²) in [5, 5.41) is 3.39. The SMILES string of the molecule is Cc1ccccc1NC(=O)CC1CCCCN1S(=O)(=O)c1ccc(Cl)cc1. The first-order chi connectivity index (χ1) is 12.9. The number of sulfonamides is 1. The van der Waals surface area contributed by atoms with Gasteiger partial charge in [-0.15, -0.1) is 0 Å². The average Bonchev–Trinajstić information content (AvgIpc) is 2.64. The molecule has 1 unspecified atom stereocenters. The van der Waals surface area contributed by atoms with Crippen LogP contribution in [0.5, 0.6) is 0 Å². The highest BCUT2D eigenvalue weighted by molar-refractivity contribution is 7.89. The normalized spacial score (nSPS) is 18.2. The van der Waals surface area contributed by atoms with Crippen LogP contribution in [0.15, 0.2) is 53.4 Å². The Balaban J connectivity index is 1.76. The van der Waals surface area contributed by atoms with Gasteiger partial charge in [0, 0.05) is 29.7 Å². The third-order valence-corrected chi connectivity index (χ3v) is 7.05. The van der Waals surface area contributed by atoms with Gasteiger partial charge in [-0.2, -0.15) is 4.31 Å². The summed E-state index contributed by atoms with van der Waals surface area (Å²) >= 11 is 5.87. The maximum atomic E-state index is 13.1. The third-order valence-electron chi connectivity index (χ3n) is 4.83. The second kappa shape index (κ2) is 8.42. The van der Waals surface area contributed by atoms with Crippen molar-refractivity contribution in [3.8, 4) is 0 Å². The van der Waals surface area contributed by atoms with Crippen molar-refractivity contribution in [1.29, 1.82) is 0 Å². The van der Waals surface area contributed by atoms with E-state index in [1.807, 2.05) is 31.2 Å². The number of carbonyl (C=O) groups excluding carboxylic acids is 1. The van der Waals surface area contributed by atoms with Gasteiger partial charge in [-0.05, 0) is 55.7 Å². The second-order valence-electron chi connectivity index (χ2n) is 6.79. The van der Waals surface area contributed by atoms with Crippen LogP contribution in [0.3, 0.4) is 0 Å². The Morgan fingerprint density at radius 1 is 1.15 bits per heavy atom. The number of anilines is 1. The molecule has 3 rings (SSSR count). The summed E-state index contributed by atoms with van der Waals surface area (Å²) in [5.41, 5.74) is 1.73. The number of rotatable bonds is 5. The van der Waals surface area contributed by atoms with E-state index in [4.69, 9.17) is 11.6 Å². The molecule has 0 spiro atoms. The molecule has 2 aromatic carbocycles. The quantitative estimate of drug-likeness (QED) is 0.808. The van der Waals surface area contributed by atoms with Gasteiger partial charge in [0.25, 0.3) is 0 Å². The van der Waals surface area contributed by atoms with Crippen LogP contribution in [-0.4, -0.2) is 31.2 Å². The summed E-state index contributed by atoms with van der Waals surface area (Å²) in [6.07, 6.45) is 2.52. The monoisotopic (exact) mass is 406 g/mol. The van der Waals surface area contributed by atoms with Crippen molar-refractivity contribution in [2.24, 2.45) is 0 Å². The number of benzene rings is 2. The predicted molar refractivity (Wildman–Crippen MR) is 107 cm³/mol. The van der Waals surface area contributed by atoms with Crippen molar-refractivity contribution in [2.45, 2.75) is 43.5 Å². The summed E-state index contributed by atoms with van der Waals surface area (Å²) in [5.74, 6) is -0.174. The number of aryl methyl sites for hydroxylation is 1. The number of halogens is 1. The van der Waals surface area contributed by atoms with Gasteiger partial charge in [0.1, 0.15) is 0 Å². The van der Waals surface area contributed by atoms with Crippen LogP contribution in [0.1, 0.15) is 31.2 Å². The molecule has 1 N–H and O–H groups in total. The number of amides is 1. The van der Waals surface area contributed by atoms with Crippen molar-refractivity contribution in [2.75, 3.05) is 11.9 Å². The van der Waals surface area contributed by atoms with E-state index in [0.717, 1.165) is 24.1 Å². The van der Waals surface area contributed by atoms with Crippen LogP contribution in [0, 0.1) is 6.92 Å². The van der Waals surface area contributed by atoms with E-state index in [-0.39, 0.29) is 23.3 Å². The lowest BCUT2D eigenvalue weighted by atomic mass is 10.0. The molecule has 0 radical (unpaired) electrons. The van der Waals surface area contributed by atoms with Crippen molar-refractivity contribution in [1.82, 2.24) is 4.31 Å². The van der Waals surface area contributed by atoms with Crippen molar-refractivity contribution in [3.63, 3.8) is 0 Å². The zero-order valence-corrected chi connectivity index (χ0v) is 16.8. The topological polar surface area (TPSA) is 66.5 Å². The molecular formula is C20H23ClN2O3S. The van der Waals surface area contributed by atoms with Gasteiger partial charge in [-0.25, -0.2) is 8.42 Å². The van der Waals surface area contributed by atoms with Gasteiger partial charge in [0.05, 0.1) is 4.90 Å². The number of piperidine rings is 1. The van der Waals surface area contributed by atoms with E-state index in [2.05, 4.69) is 5.32 Å². The number of nitrogens with zero attached hydrogens (tertiary/aromatic N) is 1. The molecule has 1 aliphatic heterocycles. The van der Waals surface area contributed by atoms with Gasteiger partial charge in [0.2, 0.25) is 15.9 Å². The number of hydrogen-bond donors (Lipinski definition) is 1. The highest BCUT2D eigenvalue weighted by Gasteiger charge is 2.34. The average molecular weight is 407 g/mol. The maximum Gasteiger partial charge on any atom is 0.243 e. The summed E-state index contributed by atoms with van der Waals surface area (Å²) in [6, 6.07) is 13.4. The summed E-state index contributed by atoms with van der Waals surface area (Å²) in [4.78, 5) is 12.7. The minimum absolute atomic E-state index is 0.140. The molecule has 1 aliphatic rings. The standard InChI is InChI=1S/C20H23ClN2O3S/c1-15-6-2-3-8-19(15)22-20(24)14-17-7-4-5-13-23(17)27(25,26)18-11-9-16(21)10-12-18/h2-3,6,8-12,17H,4-5,7,13-14H2,1H3,(H,22,24). The van der Waals surface area contributed by atoms with E-state index in [9.17, 15) is 13.2 Å². The van der Waals surface area contributed by atoms with E-state index in [1.165, 1.54) is 16.4 Å². The molecule has 1 saturated heterocycles. The maximum absolute atomic E-state index is 13.1. The molecule has 27 heavy (non-hydrogen) atoms. The third kappa shape index (κ3) is 4.69. The summed E-state index contributed by atoms with van der Waals surface area (Å²) in [6.45, 7) is 2.35. The van der Waals surface area contributed by atoms with Crippen LogP contribution in [-0.2, 0) is 14.8 Å². The fourth-order valence-electron chi connectivity index (χ4n) is 3.36. The minimum atomic E-state index is -3.66. The van der Waals surface area contributed by atoms with Crippen LogP contribution in [0.2, 0.25) is 5.02 Å². The van der Waals surface area contributed by atoms with Gasteiger partial charge in [0.15, 0.2) is 0 Å².